The van der Waals surface area contributed by atoms with Gasteiger partial charge in [0.2, 0.25) is 0 Å². The van der Waals surface area contributed by atoms with Crippen LogP contribution in [0.5, 0.6) is 0 Å². The number of amides is 1. The predicted molar refractivity (Wildman–Crippen MR) is 113 cm³/mol. The van der Waals surface area contributed by atoms with Crippen molar-refractivity contribution < 1.29 is 33.4 Å². The maximum absolute atomic E-state index is 12.9. The van der Waals surface area contributed by atoms with E-state index in [2.05, 4.69) is 5.32 Å². The first-order valence-electron chi connectivity index (χ1n) is 9.83. The molecule has 0 saturated heterocycles. The maximum atomic E-state index is 12.9. The van der Waals surface area contributed by atoms with Crippen molar-refractivity contribution >= 4 is 23.6 Å². The van der Waals surface area contributed by atoms with E-state index in [4.69, 9.17) is 9.15 Å². The van der Waals surface area contributed by atoms with Crippen molar-refractivity contribution in [1.29, 1.82) is 0 Å². The third-order valence-electron chi connectivity index (χ3n) is 4.70. The topological polar surface area (TPSA) is 123 Å². The molecule has 0 aliphatic carbocycles. The quantitative estimate of drug-likeness (QED) is 0.370. The molecule has 32 heavy (non-hydrogen) atoms. The number of Topliss-reactive ketones (excluding diaryl/α,β-unsaturated/α-hetero) is 1. The van der Waals surface area contributed by atoms with Crippen LogP contribution in [-0.2, 0) is 20.9 Å². The van der Waals surface area contributed by atoms with Gasteiger partial charge in [0.25, 0.3) is 5.91 Å². The fraction of sp³-hybridized carbons (Fsp3) is 0.167. The minimum Gasteiger partial charge on any atom is -0.481 e. The molecule has 2 atom stereocenters. The van der Waals surface area contributed by atoms with Gasteiger partial charge < -0.3 is 19.6 Å². The largest absolute Gasteiger partial charge is 0.481 e. The van der Waals surface area contributed by atoms with Crippen LogP contribution in [0.15, 0.2) is 83.5 Å². The van der Waals surface area contributed by atoms with E-state index in [-0.39, 0.29) is 12.1 Å². The van der Waals surface area contributed by atoms with Crippen LogP contribution in [-0.4, -0.2) is 34.8 Å². The van der Waals surface area contributed by atoms with Crippen LogP contribution in [0.1, 0.15) is 32.9 Å². The summed E-state index contributed by atoms with van der Waals surface area (Å²) in [5.41, 5.74) is 0.442. The van der Waals surface area contributed by atoms with Gasteiger partial charge in [-0.05, 0) is 24.3 Å². The Kier molecular flexibility index (Phi) is 7.53. The Labute approximate surface area is 183 Å². The van der Waals surface area contributed by atoms with Crippen molar-refractivity contribution in [3.63, 3.8) is 0 Å². The second kappa shape index (κ2) is 10.7. The lowest BCUT2D eigenvalue weighted by atomic mass is 9.92. The van der Waals surface area contributed by atoms with Gasteiger partial charge in [0.1, 0.15) is 11.7 Å². The summed E-state index contributed by atoms with van der Waals surface area (Å²) in [6.45, 7) is -0.0375. The van der Waals surface area contributed by atoms with Gasteiger partial charge in [0, 0.05) is 12.0 Å². The molecule has 0 saturated carbocycles. The molecular weight excluding hydrogens is 414 g/mol. The van der Waals surface area contributed by atoms with Crippen molar-refractivity contribution in [2.75, 3.05) is 0 Å². The second-order valence-electron chi connectivity index (χ2n) is 6.93. The molecule has 8 nitrogen and oxygen atoms in total. The van der Waals surface area contributed by atoms with E-state index < -0.39 is 42.1 Å². The number of benzene rings is 2. The van der Waals surface area contributed by atoms with Crippen LogP contribution in [0.4, 0.5) is 0 Å². The molecule has 8 heteroatoms. The second-order valence-corrected chi connectivity index (χ2v) is 6.93. The van der Waals surface area contributed by atoms with E-state index in [0.29, 0.717) is 11.3 Å². The lowest BCUT2D eigenvalue weighted by Crippen LogP contribution is -2.45. The molecule has 0 aliphatic rings. The van der Waals surface area contributed by atoms with E-state index in [1.165, 1.54) is 18.4 Å². The zero-order valence-electron chi connectivity index (χ0n) is 17.0. The van der Waals surface area contributed by atoms with Crippen molar-refractivity contribution in [1.82, 2.24) is 5.32 Å². The number of ether oxygens (including phenoxy) is 1. The van der Waals surface area contributed by atoms with Gasteiger partial charge in [-0.2, -0.15) is 0 Å². The van der Waals surface area contributed by atoms with Gasteiger partial charge in [0.15, 0.2) is 11.9 Å². The van der Waals surface area contributed by atoms with Gasteiger partial charge in [-0.25, -0.2) is 4.79 Å². The molecule has 2 N–H and O–H groups in total. The van der Waals surface area contributed by atoms with Crippen LogP contribution < -0.4 is 5.32 Å². The molecule has 164 valence electrons. The molecule has 0 radical (unpaired) electrons. The Balaban J connectivity index is 1.83. The van der Waals surface area contributed by atoms with Crippen LogP contribution in [0.2, 0.25) is 0 Å². The maximum Gasteiger partial charge on any atom is 0.338 e. The highest BCUT2D eigenvalue weighted by atomic mass is 16.5. The number of furan rings is 1. The molecule has 1 amide bonds. The van der Waals surface area contributed by atoms with E-state index >= 15 is 0 Å². The molecular formula is C24H21NO7. The summed E-state index contributed by atoms with van der Waals surface area (Å²) >= 11 is 0. The number of carboxylic acid groups (broad SMARTS) is 1. The number of aliphatic carboxylic acids is 1. The van der Waals surface area contributed by atoms with Crippen molar-refractivity contribution in [3.05, 3.63) is 95.9 Å². The van der Waals surface area contributed by atoms with Crippen molar-refractivity contribution in [2.45, 2.75) is 19.1 Å². The third kappa shape index (κ3) is 5.91. The lowest BCUT2D eigenvalue weighted by molar-refractivity contribution is -0.151. The molecule has 3 aromatic rings. The molecule has 3 rings (SSSR count). The Morgan fingerprint density at radius 3 is 2.06 bits per heavy atom. The summed E-state index contributed by atoms with van der Waals surface area (Å²) in [5, 5.41) is 12.3. The predicted octanol–water partition coefficient (Wildman–Crippen LogP) is 3.10. The highest BCUT2D eigenvalue weighted by Crippen LogP contribution is 2.19. The zero-order chi connectivity index (χ0) is 22.9. The highest BCUT2D eigenvalue weighted by Gasteiger charge is 2.39. The monoisotopic (exact) mass is 435 g/mol. The number of nitrogens with one attached hydrogen (secondary N) is 1. The Morgan fingerprint density at radius 2 is 1.50 bits per heavy atom. The summed E-state index contributed by atoms with van der Waals surface area (Å²) in [7, 11) is 0. The van der Waals surface area contributed by atoms with Crippen LogP contribution in [0.3, 0.4) is 0 Å². The molecule has 0 aliphatic heterocycles. The van der Waals surface area contributed by atoms with Gasteiger partial charge in [-0.15, -0.1) is 0 Å². The smallest absolute Gasteiger partial charge is 0.338 e. The highest BCUT2D eigenvalue weighted by molar-refractivity contribution is 6.00. The van der Waals surface area contributed by atoms with Crippen LogP contribution in [0, 0.1) is 5.92 Å². The normalized spacial score (nSPS) is 12.4. The number of hydrogen-bond donors (Lipinski definition) is 2. The van der Waals surface area contributed by atoms with Gasteiger partial charge in [0.05, 0.1) is 18.4 Å². The third-order valence-corrected chi connectivity index (χ3v) is 4.70. The molecule has 1 aromatic heterocycles. The number of carbonyl (C=O) groups excluding carboxylic acids is 3. The summed E-state index contributed by atoms with van der Waals surface area (Å²) < 4.78 is 10.5. The summed E-state index contributed by atoms with van der Waals surface area (Å²) in [4.78, 5) is 50.1. The first-order chi connectivity index (χ1) is 15.5. The van der Waals surface area contributed by atoms with E-state index in [1.54, 1.807) is 60.7 Å². The average Bonchev–Trinajstić information content (AvgIpc) is 3.34. The number of carbonyl (C=O) groups is 4. The first-order valence-corrected chi connectivity index (χ1v) is 9.83. The summed E-state index contributed by atoms with van der Waals surface area (Å²) in [6.07, 6.45) is -0.837. The van der Waals surface area contributed by atoms with E-state index in [9.17, 15) is 24.3 Å². The molecule has 1 heterocycles. The van der Waals surface area contributed by atoms with E-state index in [1.807, 2.05) is 0 Å². The first kappa shape index (κ1) is 22.5. The number of ketones is 1. The van der Waals surface area contributed by atoms with Crippen molar-refractivity contribution in [3.8, 4) is 0 Å². The average molecular weight is 435 g/mol. The lowest BCUT2D eigenvalue weighted by Gasteiger charge is -2.23. The summed E-state index contributed by atoms with van der Waals surface area (Å²) in [6, 6.07) is 19.2. The van der Waals surface area contributed by atoms with E-state index in [0.717, 1.165) is 0 Å². The standard InChI is InChI=1S/C24H21NO7/c26-20(16-8-3-1-4-9-16)14-19(23(28)29)21(22(27)25-15-18-12-7-13-31-18)32-24(30)17-10-5-2-6-11-17/h1-13,19,21H,14-15H2,(H,25,27)(H,28,29). The Bertz CT molecular complexity index is 1060. The minimum atomic E-state index is -1.73. The van der Waals surface area contributed by atoms with Gasteiger partial charge in [-0.1, -0.05) is 48.5 Å². The Hall–Kier alpha value is -4.20. The van der Waals surface area contributed by atoms with Gasteiger partial charge >= 0.3 is 11.9 Å². The number of hydrogen-bond acceptors (Lipinski definition) is 6. The van der Waals surface area contributed by atoms with Crippen molar-refractivity contribution in [2.24, 2.45) is 5.92 Å². The molecule has 2 unspecified atom stereocenters. The van der Waals surface area contributed by atoms with Crippen LogP contribution in [0.25, 0.3) is 0 Å². The molecule has 0 bridgehead atoms. The number of esters is 1. The fourth-order valence-corrected chi connectivity index (χ4v) is 3.03. The fourth-order valence-electron chi connectivity index (χ4n) is 3.03. The summed E-state index contributed by atoms with van der Waals surface area (Å²) in [5.74, 6) is -4.81. The zero-order valence-corrected chi connectivity index (χ0v) is 17.0. The molecule has 2 aromatic carbocycles. The minimum absolute atomic E-state index is 0.0375. The Morgan fingerprint density at radius 1 is 0.875 bits per heavy atom. The SMILES string of the molecule is O=C(CC(C(=O)O)C(OC(=O)c1ccccc1)C(=O)NCc1ccco1)c1ccccc1. The van der Waals surface area contributed by atoms with Crippen LogP contribution >= 0.6 is 0 Å². The molecule has 0 spiro atoms. The van der Waals surface area contributed by atoms with Gasteiger partial charge in [-0.3, -0.25) is 14.4 Å². The number of rotatable bonds is 10. The molecule has 0 fully saturated rings. The number of carboxylic acids is 1.